The van der Waals surface area contributed by atoms with Crippen molar-refractivity contribution in [1.82, 2.24) is 16.2 Å². The van der Waals surface area contributed by atoms with Crippen LogP contribution in [0.25, 0.3) is 0 Å². The number of hydrogen-bond donors (Lipinski definition) is 3. The molecule has 0 unspecified atom stereocenters. The van der Waals surface area contributed by atoms with E-state index in [9.17, 15) is 4.79 Å². The molecule has 1 amide bonds. The molecule has 0 spiro atoms. The van der Waals surface area contributed by atoms with Crippen molar-refractivity contribution in [3.63, 3.8) is 0 Å². The van der Waals surface area contributed by atoms with Crippen molar-refractivity contribution in [3.8, 4) is 0 Å². The lowest BCUT2D eigenvalue weighted by molar-refractivity contribution is 0.0943. The molecule has 2 aliphatic rings. The van der Waals surface area contributed by atoms with E-state index >= 15 is 0 Å². The lowest BCUT2D eigenvalue weighted by Gasteiger charge is -2.24. The van der Waals surface area contributed by atoms with E-state index in [4.69, 9.17) is 12.2 Å². The van der Waals surface area contributed by atoms with Crippen LogP contribution < -0.4 is 21.1 Å². The van der Waals surface area contributed by atoms with E-state index in [1.54, 1.807) is 6.07 Å². The summed E-state index contributed by atoms with van der Waals surface area (Å²) in [6.07, 6.45) is 5.19. The summed E-state index contributed by atoms with van der Waals surface area (Å²) in [6.45, 7) is 0. The molecule has 5 nitrogen and oxygen atoms in total. The Morgan fingerprint density at radius 3 is 2.70 bits per heavy atom. The number of nitrogens with zero attached hydrogens (tertiary/aromatic N) is 1. The molecule has 2 saturated carbocycles. The highest BCUT2D eigenvalue weighted by Gasteiger charge is 2.39. The molecule has 2 bridgehead atoms. The van der Waals surface area contributed by atoms with Crippen molar-refractivity contribution in [3.05, 3.63) is 29.8 Å². The number of carbonyl (C=O) groups excluding carboxylic acids is 1. The number of hydrogen-bond acceptors (Lipinski definition) is 3. The highest BCUT2D eigenvalue weighted by Crippen LogP contribution is 2.44. The second-order valence-electron chi connectivity index (χ2n) is 6.78. The van der Waals surface area contributed by atoms with Crippen LogP contribution in [0.5, 0.6) is 0 Å². The number of benzene rings is 1. The molecule has 0 aromatic heterocycles. The highest BCUT2D eigenvalue weighted by molar-refractivity contribution is 7.80. The second kappa shape index (κ2) is 6.74. The van der Waals surface area contributed by atoms with Crippen LogP contribution in [0.2, 0.25) is 0 Å². The molecule has 0 aliphatic heterocycles. The first-order valence-corrected chi connectivity index (χ1v) is 8.58. The summed E-state index contributed by atoms with van der Waals surface area (Å²) in [7, 11) is 3.90. The van der Waals surface area contributed by atoms with Gasteiger partial charge in [-0.25, -0.2) is 0 Å². The fourth-order valence-electron chi connectivity index (χ4n) is 3.74. The average Bonchev–Trinajstić information content (AvgIpc) is 3.15. The van der Waals surface area contributed by atoms with Crippen molar-refractivity contribution in [1.29, 1.82) is 0 Å². The Balaban J connectivity index is 1.48. The average molecular weight is 332 g/mol. The van der Waals surface area contributed by atoms with Gasteiger partial charge in [0.2, 0.25) is 0 Å². The van der Waals surface area contributed by atoms with Gasteiger partial charge in [-0.05, 0) is 61.5 Å². The van der Waals surface area contributed by atoms with Crippen LogP contribution in [0, 0.1) is 11.8 Å². The molecule has 6 heteroatoms. The van der Waals surface area contributed by atoms with E-state index in [1.807, 2.05) is 37.2 Å². The predicted molar refractivity (Wildman–Crippen MR) is 96.3 cm³/mol. The van der Waals surface area contributed by atoms with Gasteiger partial charge in [-0.15, -0.1) is 0 Å². The topological polar surface area (TPSA) is 56.4 Å². The SMILES string of the molecule is CN(C)c1cccc(C(=O)NNC(=S)N[C@H]2C[C@H]3CC[C@@H]2C3)c1. The van der Waals surface area contributed by atoms with E-state index in [1.165, 1.54) is 25.7 Å². The summed E-state index contributed by atoms with van der Waals surface area (Å²) in [5, 5.41) is 3.84. The zero-order chi connectivity index (χ0) is 16.4. The standard InChI is InChI=1S/C17H24N4OS/c1-21(2)14-5-3-4-13(10-14)16(22)19-20-17(23)18-15-9-11-6-7-12(15)8-11/h3-5,10-12,15H,6-9H2,1-2H3,(H,19,22)(H2,18,20,23)/t11-,12+,15-/m0/s1. The number of anilines is 1. The number of nitrogens with one attached hydrogen (secondary N) is 3. The maximum atomic E-state index is 12.2. The molecule has 3 rings (SSSR count). The van der Waals surface area contributed by atoms with Crippen LogP contribution in [-0.4, -0.2) is 31.2 Å². The van der Waals surface area contributed by atoms with Gasteiger partial charge in [0.15, 0.2) is 5.11 Å². The largest absolute Gasteiger partial charge is 0.378 e. The van der Waals surface area contributed by atoms with E-state index in [0.29, 0.717) is 16.7 Å². The first kappa shape index (κ1) is 16.1. The molecule has 1 aromatic carbocycles. The Morgan fingerprint density at radius 2 is 2.04 bits per heavy atom. The molecule has 1 aromatic rings. The third-order valence-electron chi connectivity index (χ3n) is 4.97. The van der Waals surface area contributed by atoms with E-state index < -0.39 is 0 Å². The van der Waals surface area contributed by atoms with Gasteiger partial charge in [0.25, 0.3) is 5.91 Å². The maximum Gasteiger partial charge on any atom is 0.269 e. The van der Waals surface area contributed by atoms with E-state index in [2.05, 4.69) is 16.2 Å². The summed E-state index contributed by atoms with van der Waals surface area (Å²) in [5.74, 6) is 1.42. The minimum atomic E-state index is -0.189. The Bertz CT molecular complexity index is 604. The molecular weight excluding hydrogens is 308 g/mol. The number of rotatable bonds is 3. The number of thiocarbonyl (C=S) groups is 1. The smallest absolute Gasteiger partial charge is 0.269 e. The van der Waals surface area contributed by atoms with Crippen molar-refractivity contribution in [2.45, 2.75) is 31.7 Å². The molecule has 2 fully saturated rings. The van der Waals surface area contributed by atoms with Gasteiger partial charge in [0.1, 0.15) is 0 Å². The quantitative estimate of drug-likeness (QED) is 0.584. The Labute approximate surface area is 142 Å². The predicted octanol–water partition coefficient (Wildman–Crippen LogP) is 2.05. The monoisotopic (exact) mass is 332 g/mol. The van der Waals surface area contributed by atoms with Crippen LogP contribution in [-0.2, 0) is 0 Å². The summed E-state index contributed by atoms with van der Waals surface area (Å²) in [6, 6.07) is 7.93. The number of amides is 1. The van der Waals surface area contributed by atoms with Crippen LogP contribution in [0.3, 0.4) is 0 Å². The molecule has 2 aliphatic carbocycles. The molecule has 23 heavy (non-hydrogen) atoms. The maximum absolute atomic E-state index is 12.2. The van der Waals surface area contributed by atoms with Gasteiger partial charge in [-0.1, -0.05) is 12.5 Å². The fraction of sp³-hybridized carbons (Fsp3) is 0.529. The Hall–Kier alpha value is -1.82. The summed E-state index contributed by atoms with van der Waals surface area (Å²) < 4.78 is 0. The first-order chi connectivity index (χ1) is 11.0. The summed E-state index contributed by atoms with van der Waals surface area (Å²) in [5.41, 5.74) is 7.08. The molecule has 3 atom stereocenters. The Morgan fingerprint density at radius 1 is 1.22 bits per heavy atom. The van der Waals surface area contributed by atoms with E-state index in [-0.39, 0.29) is 5.91 Å². The second-order valence-corrected chi connectivity index (χ2v) is 7.19. The zero-order valence-corrected chi connectivity index (χ0v) is 14.5. The van der Waals surface area contributed by atoms with Crippen molar-refractivity contribution >= 4 is 28.9 Å². The molecule has 0 radical (unpaired) electrons. The van der Waals surface area contributed by atoms with Gasteiger partial charge in [0.05, 0.1) is 0 Å². The number of carbonyl (C=O) groups is 1. The van der Waals surface area contributed by atoms with Crippen LogP contribution in [0.15, 0.2) is 24.3 Å². The van der Waals surface area contributed by atoms with Gasteiger partial charge in [0, 0.05) is 31.4 Å². The fourth-order valence-corrected chi connectivity index (χ4v) is 3.94. The number of hydrazine groups is 1. The third kappa shape index (κ3) is 3.75. The minimum Gasteiger partial charge on any atom is -0.378 e. The van der Waals surface area contributed by atoms with Gasteiger partial charge < -0.3 is 10.2 Å². The highest BCUT2D eigenvalue weighted by atomic mass is 32.1. The lowest BCUT2D eigenvalue weighted by Crippen LogP contribution is -2.50. The first-order valence-electron chi connectivity index (χ1n) is 8.17. The van der Waals surface area contributed by atoms with Crippen LogP contribution in [0.1, 0.15) is 36.0 Å². The van der Waals surface area contributed by atoms with Gasteiger partial charge in [-0.2, -0.15) is 0 Å². The molecule has 0 heterocycles. The van der Waals surface area contributed by atoms with Crippen LogP contribution in [0.4, 0.5) is 5.69 Å². The normalized spacial score (nSPS) is 25.0. The van der Waals surface area contributed by atoms with Crippen molar-refractivity contribution in [2.75, 3.05) is 19.0 Å². The lowest BCUT2D eigenvalue weighted by atomic mass is 9.96. The summed E-state index contributed by atoms with van der Waals surface area (Å²) in [4.78, 5) is 14.2. The zero-order valence-electron chi connectivity index (χ0n) is 13.6. The van der Waals surface area contributed by atoms with Gasteiger partial charge >= 0.3 is 0 Å². The molecule has 0 saturated heterocycles. The Kier molecular flexibility index (Phi) is 4.71. The molecular formula is C17H24N4OS. The van der Waals surface area contributed by atoms with E-state index in [0.717, 1.165) is 17.5 Å². The van der Waals surface area contributed by atoms with Crippen molar-refractivity contribution in [2.24, 2.45) is 11.8 Å². The molecule has 124 valence electrons. The molecule has 3 N–H and O–H groups in total. The van der Waals surface area contributed by atoms with Gasteiger partial charge in [-0.3, -0.25) is 15.6 Å². The third-order valence-corrected chi connectivity index (χ3v) is 5.19. The summed E-state index contributed by atoms with van der Waals surface area (Å²) >= 11 is 5.30. The van der Waals surface area contributed by atoms with Crippen molar-refractivity contribution < 1.29 is 4.79 Å². The number of fused-ring (bicyclic) bond motifs is 2. The minimum absolute atomic E-state index is 0.189. The van der Waals surface area contributed by atoms with Crippen LogP contribution >= 0.6 is 12.2 Å².